The van der Waals surface area contributed by atoms with Crippen molar-refractivity contribution in [3.05, 3.63) is 70.1 Å². The molecule has 0 fully saturated rings. The van der Waals surface area contributed by atoms with Crippen molar-refractivity contribution in [3.63, 3.8) is 0 Å². The molecular formula is C17H7BrF6O2. The summed E-state index contributed by atoms with van der Waals surface area (Å²) in [6.07, 6.45) is -3.62. The molecule has 3 aromatic rings. The van der Waals surface area contributed by atoms with Crippen LogP contribution in [0.1, 0.15) is 5.56 Å². The van der Waals surface area contributed by atoms with E-state index in [4.69, 9.17) is 9.15 Å². The molecule has 3 rings (SSSR count). The number of benzene rings is 2. The molecule has 0 saturated carbocycles. The van der Waals surface area contributed by atoms with Crippen LogP contribution in [0.2, 0.25) is 0 Å². The van der Waals surface area contributed by atoms with Crippen LogP contribution < -0.4 is 4.74 Å². The molecule has 0 bridgehead atoms. The summed E-state index contributed by atoms with van der Waals surface area (Å²) in [5.74, 6) is -5.22. The second-order valence-corrected chi connectivity index (χ2v) is 5.88. The van der Waals surface area contributed by atoms with E-state index in [9.17, 15) is 26.3 Å². The van der Waals surface area contributed by atoms with Crippen molar-refractivity contribution in [1.29, 1.82) is 0 Å². The Hall–Kier alpha value is -2.42. The van der Waals surface area contributed by atoms with Gasteiger partial charge in [0.15, 0.2) is 23.1 Å². The zero-order valence-corrected chi connectivity index (χ0v) is 14.1. The fraction of sp³-hybridized carbons (Fsp3) is 0.0588. The van der Waals surface area contributed by atoms with Crippen LogP contribution >= 0.6 is 15.9 Å². The van der Waals surface area contributed by atoms with Gasteiger partial charge < -0.3 is 9.15 Å². The third kappa shape index (κ3) is 3.44. The fourth-order valence-electron chi connectivity index (χ4n) is 2.18. The van der Waals surface area contributed by atoms with Gasteiger partial charge in [0.1, 0.15) is 11.6 Å². The number of hydrogen-bond acceptors (Lipinski definition) is 2. The Morgan fingerprint density at radius 3 is 2.08 bits per heavy atom. The van der Waals surface area contributed by atoms with Gasteiger partial charge in [0, 0.05) is 0 Å². The van der Waals surface area contributed by atoms with Gasteiger partial charge in [0.2, 0.25) is 0 Å². The van der Waals surface area contributed by atoms with Crippen LogP contribution in [0.3, 0.4) is 0 Å². The van der Waals surface area contributed by atoms with Gasteiger partial charge in [-0.1, -0.05) is 0 Å². The van der Waals surface area contributed by atoms with E-state index < -0.39 is 34.9 Å². The molecule has 1 heterocycles. The summed E-state index contributed by atoms with van der Waals surface area (Å²) in [5, 5.41) is 0. The molecule has 0 unspecified atom stereocenters. The Kier molecular flexibility index (Phi) is 4.74. The van der Waals surface area contributed by atoms with Crippen LogP contribution in [0.15, 0.2) is 51.6 Å². The van der Waals surface area contributed by atoms with Crippen LogP contribution in [0.5, 0.6) is 11.5 Å². The standard InChI is InChI=1S/C17H7BrF6O2/c18-14-10(19)4-3-9(13-2-1-5-25-13)15(14)26-16-11(20)6-8(7-12(16)21)17(22,23)24/h1-7H. The summed E-state index contributed by atoms with van der Waals surface area (Å²) in [7, 11) is 0. The minimum Gasteiger partial charge on any atom is -0.464 e. The molecule has 0 amide bonds. The number of rotatable bonds is 3. The first-order valence-corrected chi connectivity index (χ1v) is 7.73. The van der Waals surface area contributed by atoms with E-state index in [0.29, 0.717) is 0 Å². The Morgan fingerprint density at radius 1 is 0.885 bits per heavy atom. The number of furan rings is 1. The largest absolute Gasteiger partial charge is 0.464 e. The van der Waals surface area contributed by atoms with Crippen molar-refractivity contribution < 1.29 is 35.5 Å². The average molecular weight is 437 g/mol. The predicted molar refractivity (Wildman–Crippen MR) is 83.2 cm³/mol. The molecule has 26 heavy (non-hydrogen) atoms. The van der Waals surface area contributed by atoms with E-state index in [2.05, 4.69) is 15.9 Å². The molecular weight excluding hydrogens is 430 g/mol. The van der Waals surface area contributed by atoms with E-state index in [0.717, 1.165) is 6.07 Å². The number of ether oxygens (including phenoxy) is 1. The molecule has 136 valence electrons. The Balaban J connectivity index is 2.12. The van der Waals surface area contributed by atoms with Crippen LogP contribution in [-0.4, -0.2) is 0 Å². The highest BCUT2D eigenvalue weighted by atomic mass is 79.9. The highest BCUT2D eigenvalue weighted by Crippen LogP contribution is 2.43. The summed E-state index contributed by atoms with van der Waals surface area (Å²) in [6.45, 7) is 0. The third-order valence-electron chi connectivity index (χ3n) is 3.37. The van der Waals surface area contributed by atoms with E-state index in [1.165, 1.54) is 24.5 Å². The minimum absolute atomic E-state index is 0.0954. The van der Waals surface area contributed by atoms with Crippen molar-refractivity contribution in [2.45, 2.75) is 6.18 Å². The maximum Gasteiger partial charge on any atom is 0.416 e. The highest BCUT2D eigenvalue weighted by Gasteiger charge is 2.33. The molecule has 0 N–H and O–H groups in total. The summed E-state index contributed by atoms with van der Waals surface area (Å²) < 4.78 is 89.8. The van der Waals surface area contributed by atoms with Gasteiger partial charge in [-0.25, -0.2) is 13.2 Å². The van der Waals surface area contributed by atoms with Gasteiger partial charge in [-0.3, -0.25) is 0 Å². The van der Waals surface area contributed by atoms with Crippen LogP contribution in [-0.2, 0) is 6.18 Å². The monoisotopic (exact) mass is 436 g/mol. The number of halogens is 7. The molecule has 0 aliphatic heterocycles. The SMILES string of the molecule is Fc1ccc(-c2ccco2)c(Oc2c(F)cc(C(F)(F)F)cc2F)c1Br. The zero-order chi connectivity index (χ0) is 19.1. The first kappa shape index (κ1) is 18.4. The number of hydrogen-bond donors (Lipinski definition) is 0. The smallest absolute Gasteiger partial charge is 0.416 e. The van der Waals surface area contributed by atoms with E-state index in [1.807, 2.05) is 0 Å². The van der Waals surface area contributed by atoms with Crippen molar-refractivity contribution in [1.82, 2.24) is 0 Å². The lowest BCUT2D eigenvalue weighted by Gasteiger charge is -2.15. The van der Waals surface area contributed by atoms with Gasteiger partial charge in [0.25, 0.3) is 0 Å². The van der Waals surface area contributed by atoms with Crippen LogP contribution in [0, 0.1) is 17.5 Å². The van der Waals surface area contributed by atoms with Gasteiger partial charge in [-0.05, 0) is 52.3 Å². The van der Waals surface area contributed by atoms with Crippen molar-refractivity contribution in [2.75, 3.05) is 0 Å². The Labute approximate surface area is 151 Å². The predicted octanol–water partition coefficient (Wildman–Crippen LogP) is 6.94. The molecule has 0 radical (unpaired) electrons. The lowest BCUT2D eigenvalue weighted by atomic mass is 10.1. The van der Waals surface area contributed by atoms with Gasteiger partial charge in [-0.2, -0.15) is 13.2 Å². The third-order valence-corrected chi connectivity index (χ3v) is 4.11. The van der Waals surface area contributed by atoms with E-state index >= 15 is 0 Å². The molecule has 0 aliphatic rings. The maximum absolute atomic E-state index is 14.0. The molecule has 0 aliphatic carbocycles. The topological polar surface area (TPSA) is 22.4 Å². The first-order chi connectivity index (χ1) is 12.2. The Morgan fingerprint density at radius 2 is 1.54 bits per heavy atom. The molecule has 1 aromatic heterocycles. The van der Waals surface area contributed by atoms with E-state index in [1.54, 1.807) is 0 Å². The quantitative estimate of drug-likeness (QED) is 0.415. The van der Waals surface area contributed by atoms with Gasteiger partial charge >= 0.3 is 6.18 Å². The minimum atomic E-state index is -4.93. The van der Waals surface area contributed by atoms with Gasteiger partial charge in [-0.15, -0.1) is 0 Å². The molecule has 9 heteroatoms. The van der Waals surface area contributed by atoms with Crippen molar-refractivity contribution in [3.8, 4) is 22.8 Å². The summed E-state index contributed by atoms with van der Waals surface area (Å²) in [6, 6.07) is 5.51. The second kappa shape index (κ2) is 6.71. The molecule has 2 aromatic carbocycles. The normalized spacial score (nSPS) is 11.7. The van der Waals surface area contributed by atoms with E-state index in [-0.39, 0.29) is 33.7 Å². The van der Waals surface area contributed by atoms with Crippen LogP contribution in [0.4, 0.5) is 26.3 Å². The molecule has 0 spiro atoms. The first-order valence-electron chi connectivity index (χ1n) is 6.94. The summed E-state index contributed by atoms with van der Waals surface area (Å²) in [4.78, 5) is 0. The van der Waals surface area contributed by atoms with Crippen molar-refractivity contribution >= 4 is 15.9 Å². The fourth-order valence-corrected chi connectivity index (χ4v) is 2.61. The number of alkyl halides is 3. The van der Waals surface area contributed by atoms with Crippen molar-refractivity contribution in [2.24, 2.45) is 0 Å². The van der Waals surface area contributed by atoms with Gasteiger partial charge in [0.05, 0.1) is 21.9 Å². The maximum atomic E-state index is 14.0. The summed E-state index contributed by atoms with van der Waals surface area (Å²) in [5.41, 5.74) is -1.37. The highest BCUT2D eigenvalue weighted by molar-refractivity contribution is 9.10. The lowest BCUT2D eigenvalue weighted by Crippen LogP contribution is -2.07. The lowest BCUT2D eigenvalue weighted by molar-refractivity contribution is -0.138. The second-order valence-electron chi connectivity index (χ2n) is 5.08. The zero-order valence-electron chi connectivity index (χ0n) is 12.5. The van der Waals surface area contributed by atoms with Crippen LogP contribution in [0.25, 0.3) is 11.3 Å². The molecule has 2 nitrogen and oxygen atoms in total. The Bertz CT molecular complexity index is 928. The molecule has 0 saturated heterocycles. The molecule has 0 atom stereocenters. The summed E-state index contributed by atoms with van der Waals surface area (Å²) >= 11 is 2.90. The average Bonchev–Trinajstić information content (AvgIpc) is 3.07.